The lowest BCUT2D eigenvalue weighted by atomic mass is 9.71. The normalized spacial score (nSPS) is 29.1. The van der Waals surface area contributed by atoms with Crippen molar-refractivity contribution in [2.45, 2.75) is 32.6 Å². The zero-order chi connectivity index (χ0) is 14.9. The summed E-state index contributed by atoms with van der Waals surface area (Å²) < 4.78 is 0. The highest BCUT2D eigenvalue weighted by Gasteiger charge is 2.37. The van der Waals surface area contributed by atoms with E-state index in [4.69, 9.17) is 0 Å². The molecule has 1 heterocycles. The molecule has 0 aromatic heterocycles. The number of carbonyl (C=O) groups is 1. The Morgan fingerprint density at radius 3 is 2.52 bits per heavy atom. The molecular weight excluding hydrogens is 260 g/mol. The third-order valence-electron chi connectivity index (χ3n) is 5.36. The minimum atomic E-state index is -0.129. The Kier molecular flexibility index (Phi) is 3.92. The molecule has 3 nitrogen and oxygen atoms in total. The summed E-state index contributed by atoms with van der Waals surface area (Å²) in [5.74, 6) is 0.776. The zero-order valence-electron chi connectivity index (χ0n) is 13.2. The molecule has 3 rings (SSSR count). The van der Waals surface area contributed by atoms with Crippen LogP contribution in [0.1, 0.15) is 32.6 Å². The lowest BCUT2D eigenvalue weighted by molar-refractivity contribution is -0.117. The van der Waals surface area contributed by atoms with E-state index in [0.29, 0.717) is 0 Å². The number of likely N-dealkylation sites (N-methyl/N-ethyl adjacent to an activating group) is 1. The third kappa shape index (κ3) is 2.78. The van der Waals surface area contributed by atoms with Crippen molar-refractivity contribution in [2.75, 3.05) is 36.5 Å². The van der Waals surface area contributed by atoms with Crippen molar-refractivity contribution in [1.82, 2.24) is 0 Å². The molecule has 1 fully saturated rings. The minimum absolute atomic E-state index is 0.129. The van der Waals surface area contributed by atoms with Gasteiger partial charge < -0.3 is 14.6 Å². The fourth-order valence-electron chi connectivity index (χ4n) is 3.76. The average Bonchev–Trinajstić information content (AvgIpc) is 2.53. The van der Waals surface area contributed by atoms with Gasteiger partial charge in [-0.15, -0.1) is 0 Å². The first-order chi connectivity index (χ1) is 10.1. The number of nitrogens with zero attached hydrogens (tertiary/aromatic N) is 2. The Hall–Kier alpha value is -1.51. The summed E-state index contributed by atoms with van der Waals surface area (Å²) >= 11 is 0. The number of hydrogen-bond acceptors (Lipinski definition) is 3. The highest BCUT2D eigenvalue weighted by atomic mass is 16.1. The molecule has 0 spiro atoms. The second kappa shape index (κ2) is 5.70. The van der Waals surface area contributed by atoms with E-state index in [1.807, 2.05) is 0 Å². The van der Waals surface area contributed by atoms with Crippen molar-refractivity contribution in [3.63, 3.8) is 0 Å². The monoisotopic (exact) mass is 286 g/mol. The second-order valence-electron chi connectivity index (χ2n) is 6.99. The van der Waals surface area contributed by atoms with Crippen molar-refractivity contribution in [2.24, 2.45) is 11.3 Å². The molecule has 0 amide bonds. The van der Waals surface area contributed by atoms with Crippen LogP contribution in [-0.4, -0.2) is 33.0 Å². The fraction of sp³-hybridized carbons (Fsp3) is 0.611. The van der Waals surface area contributed by atoms with Crippen LogP contribution in [0.5, 0.6) is 0 Å². The zero-order valence-corrected chi connectivity index (χ0v) is 13.2. The number of benzene rings is 1. The minimum Gasteiger partial charge on any atom is -0.371 e. The molecule has 0 atom stereocenters. The number of anilines is 2. The molecule has 0 radical (unpaired) electrons. The van der Waals surface area contributed by atoms with Gasteiger partial charge in [0.1, 0.15) is 6.29 Å². The number of aldehydes is 1. The molecule has 1 aliphatic carbocycles. The molecule has 114 valence electrons. The maximum absolute atomic E-state index is 11.8. The van der Waals surface area contributed by atoms with Gasteiger partial charge in [-0.1, -0.05) is 19.1 Å². The average molecular weight is 286 g/mol. The number of para-hydroxylation sites is 2. The van der Waals surface area contributed by atoms with Gasteiger partial charge in [0, 0.05) is 32.1 Å². The van der Waals surface area contributed by atoms with Gasteiger partial charge in [-0.05, 0) is 43.7 Å². The molecule has 1 saturated carbocycles. The van der Waals surface area contributed by atoms with E-state index in [9.17, 15) is 4.79 Å². The van der Waals surface area contributed by atoms with Crippen LogP contribution in [0.2, 0.25) is 0 Å². The lowest BCUT2D eigenvalue weighted by Gasteiger charge is -2.43. The van der Waals surface area contributed by atoms with E-state index in [1.165, 1.54) is 30.5 Å². The molecule has 0 N–H and O–H groups in total. The van der Waals surface area contributed by atoms with E-state index >= 15 is 0 Å². The topological polar surface area (TPSA) is 23.6 Å². The van der Waals surface area contributed by atoms with Crippen LogP contribution in [0.25, 0.3) is 0 Å². The molecule has 1 aromatic rings. The summed E-state index contributed by atoms with van der Waals surface area (Å²) in [6.45, 7) is 5.23. The van der Waals surface area contributed by atoms with Crippen molar-refractivity contribution in [3.8, 4) is 0 Å². The molecular formula is C18H26N2O. The van der Waals surface area contributed by atoms with Crippen LogP contribution in [0.4, 0.5) is 11.4 Å². The Morgan fingerprint density at radius 1 is 1.19 bits per heavy atom. The van der Waals surface area contributed by atoms with Gasteiger partial charge in [0.2, 0.25) is 0 Å². The molecule has 0 bridgehead atoms. The van der Waals surface area contributed by atoms with Crippen LogP contribution in [0, 0.1) is 11.3 Å². The summed E-state index contributed by atoms with van der Waals surface area (Å²) in [6, 6.07) is 8.56. The third-order valence-corrected chi connectivity index (χ3v) is 5.36. The Bertz CT molecular complexity index is 506. The Morgan fingerprint density at radius 2 is 1.86 bits per heavy atom. The lowest BCUT2D eigenvalue weighted by Crippen LogP contribution is -2.46. The molecule has 1 aromatic carbocycles. The fourth-order valence-corrected chi connectivity index (χ4v) is 3.76. The van der Waals surface area contributed by atoms with E-state index in [0.717, 1.165) is 38.4 Å². The molecule has 0 saturated heterocycles. The quantitative estimate of drug-likeness (QED) is 0.796. The summed E-state index contributed by atoms with van der Waals surface area (Å²) in [6.07, 6.45) is 5.72. The van der Waals surface area contributed by atoms with Gasteiger partial charge in [0.05, 0.1) is 11.4 Å². The number of carbonyl (C=O) groups excluding carboxylic acids is 1. The number of fused-ring (bicyclic) bond motifs is 1. The van der Waals surface area contributed by atoms with Crippen LogP contribution in [0.15, 0.2) is 24.3 Å². The van der Waals surface area contributed by atoms with Gasteiger partial charge in [0.25, 0.3) is 0 Å². The van der Waals surface area contributed by atoms with E-state index in [-0.39, 0.29) is 5.41 Å². The van der Waals surface area contributed by atoms with E-state index in [2.05, 4.69) is 48.0 Å². The van der Waals surface area contributed by atoms with Gasteiger partial charge in [-0.3, -0.25) is 0 Å². The van der Waals surface area contributed by atoms with Gasteiger partial charge in [0.15, 0.2) is 0 Å². The molecule has 1 aliphatic heterocycles. The summed E-state index contributed by atoms with van der Waals surface area (Å²) in [7, 11) is 2.15. The molecule has 21 heavy (non-hydrogen) atoms. The van der Waals surface area contributed by atoms with Crippen molar-refractivity contribution >= 4 is 17.7 Å². The molecule has 0 unspecified atom stereocenters. The van der Waals surface area contributed by atoms with Crippen LogP contribution >= 0.6 is 0 Å². The smallest absolute Gasteiger partial charge is 0.127 e. The highest BCUT2D eigenvalue weighted by molar-refractivity contribution is 5.74. The van der Waals surface area contributed by atoms with E-state index < -0.39 is 0 Å². The second-order valence-corrected chi connectivity index (χ2v) is 6.99. The SMILES string of the molecule is CC1CCC(C=O)(CN2CCN(C)c3ccccc32)CC1. The molecule has 2 aliphatic rings. The largest absolute Gasteiger partial charge is 0.371 e. The summed E-state index contributed by atoms with van der Waals surface area (Å²) in [5, 5.41) is 0. The maximum atomic E-state index is 11.8. The highest BCUT2D eigenvalue weighted by Crippen LogP contribution is 2.40. The van der Waals surface area contributed by atoms with Gasteiger partial charge in [-0.25, -0.2) is 0 Å². The van der Waals surface area contributed by atoms with Crippen LogP contribution in [0.3, 0.4) is 0 Å². The number of hydrogen-bond donors (Lipinski definition) is 0. The van der Waals surface area contributed by atoms with Crippen molar-refractivity contribution in [3.05, 3.63) is 24.3 Å². The predicted molar refractivity (Wildman–Crippen MR) is 88.1 cm³/mol. The first-order valence-corrected chi connectivity index (χ1v) is 8.15. The van der Waals surface area contributed by atoms with Crippen molar-refractivity contribution in [1.29, 1.82) is 0 Å². The Balaban J connectivity index is 1.81. The summed E-state index contributed by atoms with van der Waals surface area (Å²) in [4.78, 5) is 16.5. The van der Waals surface area contributed by atoms with Crippen LogP contribution in [-0.2, 0) is 4.79 Å². The first-order valence-electron chi connectivity index (χ1n) is 8.15. The first kappa shape index (κ1) is 14.4. The van der Waals surface area contributed by atoms with E-state index in [1.54, 1.807) is 0 Å². The van der Waals surface area contributed by atoms with Gasteiger partial charge in [-0.2, -0.15) is 0 Å². The molecule has 3 heteroatoms. The van der Waals surface area contributed by atoms with Crippen LogP contribution < -0.4 is 9.80 Å². The standard InChI is InChI=1S/C18H26N2O/c1-15-7-9-18(14-21,10-8-15)13-20-12-11-19(2)16-5-3-4-6-17(16)20/h3-6,14-15H,7-13H2,1-2H3. The maximum Gasteiger partial charge on any atom is 0.127 e. The number of rotatable bonds is 3. The summed E-state index contributed by atoms with van der Waals surface area (Å²) in [5.41, 5.74) is 2.44. The Labute approximate surface area is 127 Å². The van der Waals surface area contributed by atoms with Crippen molar-refractivity contribution < 1.29 is 4.79 Å². The predicted octanol–water partition coefficient (Wildman–Crippen LogP) is 3.34. The van der Waals surface area contributed by atoms with Gasteiger partial charge >= 0.3 is 0 Å².